The van der Waals surface area contributed by atoms with Crippen LogP contribution in [0.25, 0.3) is 0 Å². The third kappa shape index (κ3) is 3.56. The van der Waals surface area contributed by atoms with Crippen LogP contribution in [0, 0.1) is 18.6 Å². The van der Waals surface area contributed by atoms with E-state index in [2.05, 4.69) is 5.32 Å². The number of hydrogen-bond acceptors (Lipinski definition) is 2. The zero-order chi connectivity index (χ0) is 15.4. The van der Waals surface area contributed by atoms with Crippen molar-refractivity contribution < 1.29 is 18.7 Å². The molecule has 3 nitrogen and oxygen atoms in total. The van der Waals surface area contributed by atoms with Crippen molar-refractivity contribution in [3.05, 3.63) is 64.7 Å². The molecule has 0 saturated carbocycles. The lowest BCUT2D eigenvalue weighted by molar-refractivity contribution is 0.0945. The summed E-state index contributed by atoms with van der Waals surface area (Å²) in [6.07, 6.45) is 0.501. The highest BCUT2D eigenvalue weighted by molar-refractivity contribution is 5.94. The lowest BCUT2D eigenvalue weighted by Gasteiger charge is -2.08. The normalized spacial score (nSPS) is 10.4. The fourth-order valence-electron chi connectivity index (χ4n) is 1.94. The fraction of sp³-hybridized carbons (Fsp3) is 0.188. The Kier molecular flexibility index (Phi) is 4.52. The van der Waals surface area contributed by atoms with E-state index in [0.717, 1.165) is 11.6 Å². The van der Waals surface area contributed by atoms with Gasteiger partial charge in [-0.05, 0) is 42.7 Å². The molecule has 2 rings (SSSR count). The summed E-state index contributed by atoms with van der Waals surface area (Å²) in [5.41, 5.74) is 0.569. The van der Waals surface area contributed by atoms with Crippen molar-refractivity contribution in [3.63, 3.8) is 0 Å². The summed E-state index contributed by atoms with van der Waals surface area (Å²) in [6, 6.07) is 8.88. The van der Waals surface area contributed by atoms with E-state index < -0.39 is 23.1 Å². The van der Waals surface area contributed by atoms with Gasteiger partial charge in [0.1, 0.15) is 22.9 Å². The third-order valence-corrected chi connectivity index (χ3v) is 3.15. The van der Waals surface area contributed by atoms with E-state index in [-0.39, 0.29) is 17.9 Å². The average molecular weight is 291 g/mol. The van der Waals surface area contributed by atoms with Gasteiger partial charge in [0.2, 0.25) is 0 Å². The minimum atomic E-state index is -0.875. The summed E-state index contributed by atoms with van der Waals surface area (Å²) in [6.45, 7) is 1.72. The van der Waals surface area contributed by atoms with Gasteiger partial charge in [0.05, 0.1) is 0 Å². The molecular weight excluding hydrogens is 276 g/mol. The summed E-state index contributed by atoms with van der Waals surface area (Å²) in [5.74, 6) is -2.32. The second-order valence-corrected chi connectivity index (χ2v) is 4.73. The number of aryl methyl sites for hydroxylation is 1. The van der Waals surface area contributed by atoms with Crippen molar-refractivity contribution in [1.82, 2.24) is 5.32 Å². The molecule has 0 saturated heterocycles. The van der Waals surface area contributed by atoms with Gasteiger partial charge in [-0.15, -0.1) is 0 Å². The monoisotopic (exact) mass is 291 g/mol. The zero-order valence-electron chi connectivity index (χ0n) is 11.5. The van der Waals surface area contributed by atoms with Crippen LogP contribution in [0.5, 0.6) is 5.75 Å². The Hall–Kier alpha value is -2.43. The van der Waals surface area contributed by atoms with Crippen LogP contribution < -0.4 is 5.32 Å². The predicted molar refractivity (Wildman–Crippen MR) is 75.2 cm³/mol. The fourth-order valence-corrected chi connectivity index (χ4v) is 1.94. The van der Waals surface area contributed by atoms with Gasteiger partial charge in [0, 0.05) is 6.54 Å². The number of carbonyl (C=O) groups is 1. The van der Waals surface area contributed by atoms with Gasteiger partial charge in [0.15, 0.2) is 0 Å². The first-order valence-corrected chi connectivity index (χ1v) is 6.49. The maximum absolute atomic E-state index is 13.8. The van der Waals surface area contributed by atoms with Crippen LogP contribution in [0.15, 0.2) is 36.4 Å². The first-order chi connectivity index (χ1) is 9.99. The number of phenolic OH excluding ortho intramolecular Hbond substituents is 1. The van der Waals surface area contributed by atoms with Gasteiger partial charge in [-0.2, -0.15) is 0 Å². The molecule has 5 heteroatoms. The van der Waals surface area contributed by atoms with Gasteiger partial charge in [-0.25, -0.2) is 8.78 Å². The van der Waals surface area contributed by atoms with Crippen molar-refractivity contribution in [3.8, 4) is 5.75 Å². The van der Waals surface area contributed by atoms with Gasteiger partial charge < -0.3 is 10.4 Å². The lowest BCUT2D eigenvalue weighted by atomic mass is 10.1. The molecule has 0 aliphatic rings. The number of phenols is 1. The number of halogens is 2. The van der Waals surface area contributed by atoms with Crippen molar-refractivity contribution >= 4 is 5.91 Å². The van der Waals surface area contributed by atoms with Crippen LogP contribution in [0.1, 0.15) is 21.5 Å². The van der Waals surface area contributed by atoms with E-state index in [1.165, 1.54) is 25.1 Å². The van der Waals surface area contributed by atoms with Crippen molar-refractivity contribution in [2.24, 2.45) is 0 Å². The Morgan fingerprint density at radius 3 is 2.48 bits per heavy atom. The highest BCUT2D eigenvalue weighted by Crippen LogP contribution is 2.16. The maximum atomic E-state index is 13.8. The summed E-state index contributed by atoms with van der Waals surface area (Å²) in [7, 11) is 0. The van der Waals surface area contributed by atoms with Gasteiger partial charge in [-0.1, -0.05) is 18.2 Å². The third-order valence-electron chi connectivity index (χ3n) is 3.15. The molecule has 2 aromatic rings. The van der Waals surface area contributed by atoms with E-state index in [1.54, 1.807) is 12.1 Å². The first kappa shape index (κ1) is 15.0. The Bertz CT molecular complexity index is 654. The molecular formula is C16H15F2NO2. The zero-order valence-corrected chi connectivity index (χ0v) is 11.5. The van der Waals surface area contributed by atoms with Crippen LogP contribution >= 0.6 is 0 Å². The summed E-state index contributed by atoms with van der Waals surface area (Å²) in [5, 5.41) is 11.6. The molecule has 0 bridgehead atoms. The molecule has 2 N–H and O–H groups in total. The number of benzene rings is 2. The first-order valence-electron chi connectivity index (χ1n) is 6.49. The summed E-state index contributed by atoms with van der Waals surface area (Å²) >= 11 is 0. The number of rotatable bonds is 4. The molecule has 110 valence electrons. The highest BCUT2D eigenvalue weighted by atomic mass is 19.1. The molecule has 0 aliphatic carbocycles. The van der Waals surface area contributed by atoms with E-state index in [4.69, 9.17) is 5.11 Å². The molecule has 21 heavy (non-hydrogen) atoms. The maximum Gasteiger partial charge on any atom is 0.257 e. The van der Waals surface area contributed by atoms with Crippen molar-refractivity contribution in [1.29, 1.82) is 0 Å². The second kappa shape index (κ2) is 6.35. The number of amides is 1. The largest absolute Gasteiger partial charge is 0.508 e. The van der Waals surface area contributed by atoms with E-state index >= 15 is 0 Å². The Morgan fingerprint density at radius 1 is 1.14 bits per heavy atom. The van der Waals surface area contributed by atoms with Crippen LogP contribution in [0.3, 0.4) is 0 Å². The molecule has 1 amide bonds. The van der Waals surface area contributed by atoms with Gasteiger partial charge >= 0.3 is 0 Å². The molecule has 0 aliphatic heterocycles. The smallest absolute Gasteiger partial charge is 0.257 e. The average Bonchev–Trinajstić information content (AvgIpc) is 2.45. The number of carbonyl (C=O) groups excluding carboxylic acids is 1. The molecule has 0 atom stereocenters. The van der Waals surface area contributed by atoms with Crippen LogP contribution in [-0.4, -0.2) is 17.6 Å². The van der Waals surface area contributed by atoms with Gasteiger partial charge in [-0.3, -0.25) is 4.79 Å². The van der Waals surface area contributed by atoms with Crippen molar-refractivity contribution in [2.75, 3.05) is 6.54 Å². The SMILES string of the molecule is Cc1ccc(F)c(C(=O)NCCc2ccc(O)cc2)c1F. The Morgan fingerprint density at radius 2 is 1.81 bits per heavy atom. The molecule has 0 heterocycles. The standard InChI is InChI=1S/C16H15F2NO2/c1-10-2-7-13(17)14(15(10)18)16(21)19-9-8-11-3-5-12(20)6-4-11/h2-7,20H,8-9H2,1H3,(H,19,21). The summed E-state index contributed by atoms with van der Waals surface area (Å²) in [4.78, 5) is 11.9. The number of aromatic hydroxyl groups is 1. The van der Waals surface area contributed by atoms with E-state index in [9.17, 15) is 13.6 Å². The second-order valence-electron chi connectivity index (χ2n) is 4.73. The Labute approximate surface area is 121 Å². The molecule has 0 fully saturated rings. The topological polar surface area (TPSA) is 49.3 Å². The minimum absolute atomic E-state index is 0.159. The van der Waals surface area contributed by atoms with Crippen molar-refractivity contribution in [2.45, 2.75) is 13.3 Å². The summed E-state index contributed by atoms with van der Waals surface area (Å²) < 4.78 is 27.3. The quantitative estimate of drug-likeness (QED) is 0.910. The number of hydrogen-bond donors (Lipinski definition) is 2. The minimum Gasteiger partial charge on any atom is -0.508 e. The van der Waals surface area contributed by atoms with Crippen LogP contribution in [0.2, 0.25) is 0 Å². The molecule has 2 aromatic carbocycles. The molecule has 0 spiro atoms. The predicted octanol–water partition coefficient (Wildman–Crippen LogP) is 2.95. The lowest BCUT2D eigenvalue weighted by Crippen LogP contribution is -2.27. The Balaban J connectivity index is 1.99. The molecule has 0 radical (unpaired) electrons. The molecule has 0 aromatic heterocycles. The van der Waals surface area contributed by atoms with Gasteiger partial charge in [0.25, 0.3) is 5.91 Å². The highest BCUT2D eigenvalue weighted by Gasteiger charge is 2.18. The number of nitrogens with one attached hydrogen (secondary N) is 1. The van der Waals surface area contributed by atoms with E-state index in [1.807, 2.05) is 0 Å². The van der Waals surface area contributed by atoms with E-state index in [0.29, 0.717) is 6.42 Å². The van der Waals surface area contributed by atoms with Crippen LogP contribution in [0.4, 0.5) is 8.78 Å². The van der Waals surface area contributed by atoms with Crippen LogP contribution in [-0.2, 0) is 6.42 Å². The molecule has 0 unspecified atom stereocenters.